The molecule has 0 amide bonds. The van der Waals surface area contributed by atoms with Gasteiger partial charge < -0.3 is 0 Å². The highest BCUT2D eigenvalue weighted by Crippen LogP contribution is 2.28. The molecule has 4 heteroatoms. The first-order valence-electron chi connectivity index (χ1n) is 3.57. The van der Waals surface area contributed by atoms with Crippen LogP contribution in [0.15, 0.2) is 4.99 Å². The van der Waals surface area contributed by atoms with Crippen LogP contribution in [0.4, 0.5) is 0 Å². The summed E-state index contributed by atoms with van der Waals surface area (Å²) in [6, 6.07) is 0.200. The van der Waals surface area contributed by atoms with Gasteiger partial charge in [0.1, 0.15) is 0 Å². The minimum Gasteiger partial charge on any atom is -0.229 e. The lowest BCUT2D eigenvalue weighted by atomic mass is 9.95. The first kappa shape index (κ1) is 9.47. The fourth-order valence-corrected chi connectivity index (χ4v) is 2.42. The van der Waals surface area contributed by atoms with Gasteiger partial charge in [0.25, 0.3) is 0 Å². The van der Waals surface area contributed by atoms with E-state index >= 15 is 0 Å². The molecular weight excluding hydrogens is 201 g/mol. The number of halogens is 2. The Morgan fingerprint density at radius 1 is 1.18 bits per heavy atom. The maximum atomic E-state index is 5.94. The summed E-state index contributed by atoms with van der Waals surface area (Å²) < 4.78 is 0. The van der Waals surface area contributed by atoms with E-state index in [-0.39, 0.29) is 16.8 Å². The van der Waals surface area contributed by atoms with E-state index in [9.17, 15) is 0 Å². The monoisotopic (exact) mass is 209 g/mol. The Morgan fingerprint density at radius 2 is 1.73 bits per heavy atom. The van der Waals surface area contributed by atoms with Crippen LogP contribution >= 0.6 is 35.4 Å². The van der Waals surface area contributed by atoms with Crippen LogP contribution in [-0.2, 0) is 0 Å². The minimum absolute atomic E-state index is 0.156. The Morgan fingerprint density at radius 3 is 2.18 bits per heavy atom. The maximum Gasteiger partial charge on any atom is 0.0630 e. The van der Waals surface area contributed by atoms with Gasteiger partial charge in [0, 0.05) is 10.8 Å². The molecule has 1 aliphatic rings. The molecule has 0 aromatic carbocycles. The third-order valence-electron chi connectivity index (χ3n) is 1.80. The number of nitrogens with zero attached hydrogens (tertiary/aromatic N) is 1. The summed E-state index contributed by atoms with van der Waals surface area (Å²) in [5.74, 6) is 0. The van der Waals surface area contributed by atoms with Gasteiger partial charge >= 0.3 is 0 Å². The Balaban J connectivity index is 2.49. The van der Waals surface area contributed by atoms with Crippen molar-refractivity contribution < 1.29 is 0 Å². The number of alkyl halides is 2. The summed E-state index contributed by atoms with van der Waals surface area (Å²) in [5, 5.41) is 2.68. The van der Waals surface area contributed by atoms with Crippen molar-refractivity contribution in [2.24, 2.45) is 4.99 Å². The van der Waals surface area contributed by atoms with Crippen LogP contribution in [0, 0.1) is 0 Å². The molecule has 1 nitrogen and oxygen atoms in total. The molecule has 0 heterocycles. The van der Waals surface area contributed by atoms with Gasteiger partial charge in [-0.2, -0.15) is 0 Å². The fourth-order valence-electron chi connectivity index (χ4n) is 1.34. The molecule has 0 aromatic heterocycles. The predicted octanol–water partition coefficient (Wildman–Crippen LogP) is 2.86. The van der Waals surface area contributed by atoms with Crippen LogP contribution in [0.3, 0.4) is 0 Å². The van der Waals surface area contributed by atoms with Gasteiger partial charge in [0.05, 0.1) is 11.2 Å². The van der Waals surface area contributed by atoms with Crippen LogP contribution < -0.4 is 0 Å². The SMILES string of the molecule is S=C=NC1CC(Cl)CC(Cl)C1. The Labute approximate surface area is 81.8 Å². The molecule has 1 fully saturated rings. The second kappa shape index (κ2) is 4.42. The zero-order valence-corrected chi connectivity index (χ0v) is 8.29. The number of aliphatic imine (C=N–C) groups is 1. The smallest absolute Gasteiger partial charge is 0.0630 e. The molecule has 62 valence electrons. The Kier molecular flexibility index (Phi) is 3.80. The van der Waals surface area contributed by atoms with Crippen molar-refractivity contribution in [2.45, 2.75) is 36.1 Å². The van der Waals surface area contributed by atoms with Gasteiger partial charge in [0.15, 0.2) is 0 Å². The van der Waals surface area contributed by atoms with Crippen LogP contribution in [0.25, 0.3) is 0 Å². The Bertz CT molecular complexity index is 169. The summed E-state index contributed by atoms with van der Waals surface area (Å²) in [6.07, 6.45) is 2.65. The van der Waals surface area contributed by atoms with Crippen molar-refractivity contribution in [3.05, 3.63) is 0 Å². The van der Waals surface area contributed by atoms with Gasteiger partial charge in [-0.25, -0.2) is 4.99 Å². The highest BCUT2D eigenvalue weighted by molar-refractivity contribution is 7.78. The quantitative estimate of drug-likeness (QED) is 0.368. The van der Waals surface area contributed by atoms with Gasteiger partial charge in [0.2, 0.25) is 0 Å². The summed E-state index contributed by atoms with van der Waals surface area (Å²) in [4.78, 5) is 3.98. The van der Waals surface area contributed by atoms with Crippen molar-refractivity contribution >= 4 is 40.6 Å². The van der Waals surface area contributed by atoms with Crippen molar-refractivity contribution in [1.82, 2.24) is 0 Å². The highest BCUT2D eigenvalue weighted by Gasteiger charge is 2.25. The minimum atomic E-state index is 0.156. The second-order valence-corrected chi connectivity index (χ2v) is 4.19. The normalized spacial score (nSPS) is 37.8. The Hall–Kier alpha value is 0.380. The van der Waals surface area contributed by atoms with E-state index in [1.807, 2.05) is 0 Å². The molecule has 1 saturated carbocycles. The molecule has 11 heavy (non-hydrogen) atoms. The molecule has 2 unspecified atom stereocenters. The van der Waals surface area contributed by atoms with Crippen LogP contribution in [0.5, 0.6) is 0 Å². The average molecular weight is 210 g/mol. The number of hydrogen-bond acceptors (Lipinski definition) is 2. The molecule has 0 N–H and O–H groups in total. The molecule has 2 atom stereocenters. The lowest BCUT2D eigenvalue weighted by molar-refractivity contribution is 0.456. The van der Waals surface area contributed by atoms with Gasteiger partial charge in [-0.1, -0.05) is 0 Å². The maximum absolute atomic E-state index is 5.94. The first-order chi connectivity index (χ1) is 5.22. The third-order valence-corrected chi connectivity index (χ3v) is 2.62. The van der Waals surface area contributed by atoms with Crippen LogP contribution in [0.2, 0.25) is 0 Å². The second-order valence-electron chi connectivity index (χ2n) is 2.78. The van der Waals surface area contributed by atoms with E-state index in [0.29, 0.717) is 0 Å². The number of isothiocyanates is 1. The van der Waals surface area contributed by atoms with Crippen molar-refractivity contribution in [1.29, 1.82) is 0 Å². The summed E-state index contributed by atoms with van der Waals surface area (Å²) in [5.41, 5.74) is 0. The lowest BCUT2D eigenvalue weighted by Gasteiger charge is -2.25. The van der Waals surface area contributed by atoms with E-state index in [0.717, 1.165) is 19.3 Å². The average Bonchev–Trinajstić information content (AvgIpc) is 1.85. The van der Waals surface area contributed by atoms with E-state index in [1.54, 1.807) is 0 Å². The zero-order chi connectivity index (χ0) is 8.27. The van der Waals surface area contributed by atoms with E-state index in [1.165, 1.54) is 0 Å². The number of rotatable bonds is 1. The van der Waals surface area contributed by atoms with Crippen molar-refractivity contribution in [3.63, 3.8) is 0 Å². The molecule has 0 saturated heterocycles. The molecule has 0 spiro atoms. The molecule has 1 rings (SSSR count). The molecule has 0 radical (unpaired) electrons. The summed E-state index contributed by atoms with van der Waals surface area (Å²) in [6.45, 7) is 0. The van der Waals surface area contributed by atoms with Crippen molar-refractivity contribution in [2.75, 3.05) is 0 Å². The van der Waals surface area contributed by atoms with E-state index < -0.39 is 0 Å². The topological polar surface area (TPSA) is 12.4 Å². The van der Waals surface area contributed by atoms with Gasteiger partial charge in [-0.05, 0) is 31.5 Å². The first-order valence-corrected chi connectivity index (χ1v) is 4.85. The molecule has 0 aliphatic heterocycles. The largest absolute Gasteiger partial charge is 0.229 e. The molecule has 1 aliphatic carbocycles. The molecule has 0 aromatic rings. The fraction of sp³-hybridized carbons (Fsp3) is 0.857. The summed E-state index contributed by atoms with van der Waals surface area (Å²) >= 11 is 16.4. The number of hydrogen-bond donors (Lipinski definition) is 0. The number of thiocarbonyl (C=S) groups is 1. The standard InChI is InChI=1S/C7H9Cl2NS/c8-5-1-6(9)3-7(2-5)10-4-11/h5-7H,1-3H2. The lowest BCUT2D eigenvalue weighted by Crippen LogP contribution is -2.25. The van der Waals surface area contributed by atoms with Crippen molar-refractivity contribution in [3.8, 4) is 0 Å². The van der Waals surface area contributed by atoms with Gasteiger partial charge in [-0.3, -0.25) is 0 Å². The van der Waals surface area contributed by atoms with Crippen LogP contribution in [-0.4, -0.2) is 22.0 Å². The van der Waals surface area contributed by atoms with E-state index in [4.69, 9.17) is 23.2 Å². The predicted molar refractivity (Wildman–Crippen MR) is 51.9 cm³/mol. The molecular formula is C7H9Cl2NS. The highest BCUT2D eigenvalue weighted by atomic mass is 35.5. The van der Waals surface area contributed by atoms with Crippen LogP contribution in [0.1, 0.15) is 19.3 Å². The third kappa shape index (κ3) is 3.08. The van der Waals surface area contributed by atoms with Gasteiger partial charge in [-0.15, -0.1) is 23.2 Å². The van der Waals surface area contributed by atoms with E-state index in [2.05, 4.69) is 22.4 Å². The summed E-state index contributed by atoms with van der Waals surface area (Å²) in [7, 11) is 0. The zero-order valence-electron chi connectivity index (χ0n) is 5.96. The molecule has 0 bridgehead atoms.